The van der Waals surface area contributed by atoms with E-state index >= 15 is 0 Å². The summed E-state index contributed by atoms with van der Waals surface area (Å²) >= 11 is 3.36. The quantitative estimate of drug-likeness (QED) is 0.808. The maximum atomic E-state index is 12.5. The minimum absolute atomic E-state index is 0.0610. The van der Waals surface area contributed by atoms with E-state index in [-0.39, 0.29) is 23.9 Å². The molecule has 9 heteroatoms. The van der Waals surface area contributed by atoms with Gasteiger partial charge in [-0.25, -0.2) is 8.42 Å². The first-order valence-electron chi connectivity index (χ1n) is 7.63. The molecule has 25 heavy (non-hydrogen) atoms. The summed E-state index contributed by atoms with van der Waals surface area (Å²) in [5.74, 6) is -0.567. The molecule has 3 rings (SSSR count). The van der Waals surface area contributed by atoms with Gasteiger partial charge in [-0.2, -0.15) is 4.31 Å². The summed E-state index contributed by atoms with van der Waals surface area (Å²) in [5.41, 5.74) is 1.50. The highest BCUT2D eigenvalue weighted by molar-refractivity contribution is 9.10. The number of rotatable bonds is 4. The van der Waals surface area contributed by atoms with Gasteiger partial charge in [0.15, 0.2) is 5.76 Å². The standard InChI is InChI=1S/C16H17BrN2O5S/c1-11-10-12(17)2-3-13(11)18-16(20)14-4-5-15(24-14)25(21,22)19-6-8-23-9-7-19/h2-5,10H,6-9H2,1H3,(H,18,20). The molecule has 2 aromatic rings. The zero-order chi connectivity index (χ0) is 18.0. The lowest BCUT2D eigenvalue weighted by Gasteiger charge is -2.24. The third-order valence-corrected chi connectivity index (χ3v) is 6.07. The van der Waals surface area contributed by atoms with Crippen LogP contribution in [0, 0.1) is 6.92 Å². The normalized spacial score (nSPS) is 15.9. The number of morpholine rings is 1. The van der Waals surface area contributed by atoms with E-state index in [9.17, 15) is 13.2 Å². The van der Waals surface area contributed by atoms with E-state index in [0.717, 1.165) is 10.0 Å². The largest absolute Gasteiger partial charge is 0.438 e. The first-order chi connectivity index (χ1) is 11.9. The van der Waals surface area contributed by atoms with E-state index in [4.69, 9.17) is 9.15 Å². The van der Waals surface area contributed by atoms with Gasteiger partial charge in [0.25, 0.3) is 15.9 Å². The molecular formula is C16H17BrN2O5S. The van der Waals surface area contributed by atoms with Crippen LogP contribution in [0.4, 0.5) is 5.69 Å². The van der Waals surface area contributed by atoms with Gasteiger partial charge in [-0.1, -0.05) is 15.9 Å². The Bertz CT molecular complexity index is 888. The van der Waals surface area contributed by atoms with Gasteiger partial charge in [-0.05, 0) is 42.8 Å². The van der Waals surface area contributed by atoms with Crippen molar-refractivity contribution in [3.63, 3.8) is 0 Å². The van der Waals surface area contributed by atoms with Crippen LogP contribution in [0.3, 0.4) is 0 Å². The van der Waals surface area contributed by atoms with E-state index in [1.54, 1.807) is 12.1 Å². The summed E-state index contributed by atoms with van der Waals surface area (Å²) in [4.78, 5) is 12.3. The van der Waals surface area contributed by atoms with Gasteiger partial charge < -0.3 is 14.5 Å². The minimum Gasteiger partial charge on any atom is -0.438 e. The third kappa shape index (κ3) is 3.95. The van der Waals surface area contributed by atoms with E-state index in [1.807, 2.05) is 13.0 Å². The summed E-state index contributed by atoms with van der Waals surface area (Å²) in [6.07, 6.45) is 0. The molecule has 1 amide bonds. The highest BCUT2D eigenvalue weighted by Gasteiger charge is 2.30. The van der Waals surface area contributed by atoms with Gasteiger partial charge >= 0.3 is 0 Å². The van der Waals surface area contributed by atoms with E-state index in [0.29, 0.717) is 18.9 Å². The second kappa shape index (κ2) is 7.28. The van der Waals surface area contributed by atoms with Gasteiger partial charge in [-0.15, -0.1) is 0 Å². The Morgan fingerprint density at radius 3 is 2.60 bits per heavy atom. The molecule has 1 fully saturated rings. The first kappa shape index (κ1) is 18.1. The molecule has 1 aromatic carbocycles. The van der Waals surface area contributed by atoms with Crippen molar-refractivity contribution in [3.8, 4) is 0 Å². The first-order valence-corrected chi connectivity index (χ1v) is 9.86. The van der Waals surface area contributed by atoms with Gasteiger partial charge in [0, 0.05) is 23.2 Å². The maximum Gasteiger partial charge on any atom is 0.291 e. The highest BCUT2D eigenvalue weighted by Crippen LogP contribution is 2.23. The molecule has 0 aliphatic carbocycles. The van der Waals surface area contributed by atoms with Crippen LogP contribution in [0.1, 0.15) is 16.1 Å². The molecule has 1 aliphatic heterocycles. The van der Waals surface area contributed by atoms with Gasteiger partial charge in [0.05, 0.1) is 13.2 Å². The third-order valence-electron chi connectivity index (χ3n) is 3.81. The number of ether oxygens (including phenoxy) is 1. The van der Waals surface area contributed by atoms with Crippen LogP contribution in [0.15, 0.2) is 44.3 Å². The fourth-order valence-electron chi connectivity index (χ4n) is 2.45. The summed E-state index contributed by atoms with van der Waals surface area (Å²) in [6.45, 7) is 3.08. The van der Waals surface area contributed by atoms with Crippen molar-refractivity contribution in [2.24, 2.45) is 0 Å². The number of nitrogens with one attached hydrogen (secondary N) is 1. The van der Waals surface area contributed by atoms with Crippen LogP contribution in [0.5, 0.6) is 0 Å². The molecule has 0 spiro atoms. The number of carbonyl (C=O) groups excluding carboxylic acids is 1. The zero-order valence-electron chi connectivity index (χ0n) is 13.5. The molecule has 0 bridgehead atoms. The van der Waals surface area contributed by atoms with Crippen molar-refractivity contribution in [1.29, 1.82) is 0 Å². The molecular weight excluding hydrogens is 412 g/mol. The molecule has 0 unspecified atom stereocenters. The number of nitrogens with zero attached hydrogens (tertiary/aromatic N) is 1. The van der Waals surface area contributed by atoms with Crippen molar-refractivity contribution < 1.29 is 22.4 Å². The van der Waals surface area contributed by atoms with Crippen molar-refractivity contribution in [1.82, 2.24) is 4.31 Å². The molecule has 1 aliphatic rings. The number of benzene rings is 1. The van der Waals surface area contributed by atoms with Gasteiger partial charge in [-0.3, -0.25) is 4.79 Å². The molecule has 1 N–H and O–H groups in total. The van der Waals surface area contributed by atoms with Gasteiger partial charge in [0.1, 0.15) is 0 Å². The predicted molar refractivity (Wildman–Crippen MR) is 95.1 cm³/mol. The van der Waals surface area contributed by atoms with E-state index in [2.05, 4.69) is 21.2 Å². The van der Waals surface area contributed by atoms with Crippen molar-refractivity contribution in [2.45, 2.75) is 12.0 Å². The van der Waals surface area contributed by atoms with Crippen LogP contribution in [-0.4, -0.2) is 44.9 Å². The molecule has 134 valence electrons. The van der Waals surface area contributed by atoms with Crippen LogP contribution < -0.4 is 5.32 Å². The summed E-state index contributed by atoms with van der Waals surface area (Å²) < 4.78 is 37.7. The lowest BCUT2D eigenvalue weighted by molar-refractivity contribution is 0.0723. The number of furan rings is 1. The second-order valence-electron chi connectivity index (χ2n) is 5.55. The monoisotopic (exact) mass is 428 g/mol. The molecule has 1 aromatic heterocycles. The number of aryl methyl sites for hydroxylation is 1. The molecule has 7 nitrogen and oxygen atoms in total. The Balaban J connectivity index is 1.77. The summed E-state index contributed by atoms with van der Waals surface area (Å²) in [5, 5.41) is 2.47. The van der Waals surface area contributed by atoms with Crippen molar-refractivity contribution in [2.75, 3.05) is 31.6 Å². The molecule has 0 radical (unpaired) electrons. The number of halogens is 1. The lowest BCUT2D eigenvalue weighted by Crippen LogP contribution is -2.40. The lowest BCUT2D eigenvalue weighted by atomic mass is 10.2. The second-order valence-corrected chi connectivity index (χ2v) is 8.33. The minimum atomic E-state index is -3.76. The SMILES string of the molecule is Cc1cc(Br)ccc1NC(=O)c1ccc(S(=O)(=O)N2CCOCC2)o1. The predicted octanol–water partition coefficient (Wildman–Crippen LogP) is 2.62. The van der Waals surface area contributed by atoms with Crippen LogP contribution in [0.25, 0.3) is 0 Å². The van der Waals surface area contributed by atoms with Crippen molar-refractivity contribution in [3.05, 3.63) is 46.1 Å². The number of carbonyl (C=O) groups is 1. The number of amides is 1. The molecule has 0 atom stereocenters. The topological polar surface area (TPSA) is 88.9 Å². The Labute approximate surface area is 154 Å². The average Bonchev–Trinajstić information content (AvgIpc) is 3.09. The molecule has 2 heterocycles. The smallest absolute Gasteiger partial charge is 0.291 e. The number of sulfonamides is 1. The fourth-order valence-corrected chi connectivity index (χ4v) is 4.24. The van der Waals surface area contributed by atoms with E-state index < -0.39 is 15.9 Å². The number of anilines is 1. The fraction of sp³-hybridized carbons (Fsp3) is 0.312. The highest BCUT2D eigenvalue weighted by atomic mass is 79.9. The Kier molecular flexibility index (Phi) is 5.28. The average molecular weight is 429 g/mol. The maximum absolute atomic E-state index is 12.5. The van der Waals surface area contributed by atoms with Crippen LogP contribution in [0.2, 0.25) is 0 Å². The summed E-state index contributed by atoms with van der Waals surface area (Å²) in [6, 6.07) is 8.09. The van der Waals surface area contributed by atoms with Gasteiger partial charge in [0.2, 0.25) is 5.09 Å². The summed E-state index contributed by atoms with van der Waals surface area (Å²) in [7, 11) is -3.76. The van der Waals surface area contributed by atoms with E-state index in [1.165, 1.54) is 16.4 Å². The Morgan fingerprint density at radius 1 is 1.20 bits per heavy atom. The van der Waals surface area contributed by atoms with Crippen molar-refractivity contribution >= 4 is 37.5 Å². The molecule has 0 saturated carbocycles. The number of hydrogen-bond acceptors (Lipinski definition) is 5. The van der Waals surface area contributed by atoms with Crippen LogP contribution >= 0.6 is 15.9 Å². The number of hydrogen-bond donors (Lipinski definition) is 1. The molecule has 1 saturated heterocycles. The Morgan fingerprint density at radius 2 is 1.92 bits per heavy atom. The van der Waals surface area contributed by atoms with Crippen LogP contribution in [-0.2, 0) is 14.8 Å². The Hall–Kier alpha value is -1.68. The zero-order valence-corrected chi connectivity index (χ0v) is 15.9.